The van der Waals surface area contributed by atoms with Gasteiger partial charge in [0, 0.05) is 17.7 Å². The molecule has 0 radical (unpaired) electrons. The molecule has 0 aliphatic heterocycles. The summed E-state index contributed by atoms with van der Waals surface area (Å²) in [5, 5.41) is 3.27. The van der Waals surface area contributed by atoms with E-state index in [0.717, 1.165) is 21.8 Å². The first-order chi connectivity index (χ1) is 7.16. The Labute approximate surface area is 97.3 Å². The van der Waals surface area contributed by atoms with Crippen molar-refractivity contribution in [1.29, 1.82) is 0 Å². The molecule has 78 valence electrons. The lowest BCUT2D eigenvalue weighted by Gasteiger charge is -2.07. The van der Waals surface area contributed by atoms with Crippen LogP contribution in [0.1, 0.15) is 5.69 Å². The van der Waals surface area contributed by atoms with Crippen molar-refractivity contribution in [2.45, 2.75) is 6.92 Å². The van der Waals surface area contributed by atoms with Crippen molar-refractivity contribution in [2.75, 3.05) is 5.32 Å². The second-order valence-electron chi connectivity index (χ2n) is 3.42. The maximum Gasteiger partial charge on any atom is 0.207 e. The van der Waals surface area contributed by atoms with E-state index in [1.807, 2.05) is 49.0 Å². The highest BCUT2D eigenvalue weighted by molar-refractivity contribution is 9.10. The normalized spacial score (nSPS) is 10.3. The SMILES string of the molecule is Cc1cn(C)c(Nc2ccccc2Br)n1. The van der Waals surface area contributed by atoms with Gasteiger partial charge in [-0.15, -0.1) is 0 Å². The number of aromatic nitrogens is 2. The monoisotopic (exact) mass is 265 g/mol. The second-order valence-corrected chi connectivity index (χ2v) is 4.28. The first-order valence-corrected chi connectivity index (χ1v) is 5.47. The van der Waals surface area contributed by atoms with Crippen molar-refractivity contribution in [3.63, 3.8) is 0 Å². The molecular formula is C11H12BrN3. The van der Waals surface area contributed by atoms with Gasteiger partial charge in [0.05, 0.1) is 11.4 Å². The topological polar surface area (TPSA) is 29.9 Å². The molecule has 0 saturated heterocycles. The summed E-state index contributed by atoms with van der Waals surface area (Å²) in [6.45, 7) is 1.98. The lowest BCUT2D eigenvalue weighted by atomic mass is 10.3. The summed E-state index contributed by atoms with van der Waals surface area (Å²) < 4.78 is 3.00. The molecule has 0 fully saturated rings. The lowest BCUT2D eigenvalue weighted by molar-refractivity contribution is 0.923. The van der Waals surface area contributed by atoms with Crippen molar-refractivity contribution in [2.24, 2.45) is 7.05 Å². The molecule has 1 heterocycles. The highest BCUT2D eigenvalue weighted by atomic mass is 79.9. The Morgan fingerprint density at radius 2 is 2.07 bits per heavy atom. The molecule has 15 heavy (non-hydrogen) atoms. The largest absolute Gasteiger partial charge is 0.325 e. The van der Waals surface area contributed by atoms with Crippen LogP contribution in [0.4, 0.5) is 11.6 Å². The van der Waals surface area contributed by atoms with Crippen LogP contribution < -0.4 is 5.32 Å². The summed E-state index contributed by atoms with van der Waals surface area (Å²) in [7, 11) is 1.97. The van der Waals surface area contributed by atoms with E-state index in [0.29, 0.717) is 0 Å². The third-order valence-electron chi connectivity index (χ3n) is 2.12. The van der Waals surface area contributed by atoms with Crippen molar-refractivity contribution in [3.05, 3.63) is 40.6 Å². The quantitative estimate of drug-likeness (QED) is 0.904. The molecule has 1 aromatic heterocycles. The Hall–Kier alpha value is -1.29. The van der Waals surface area contributed by atoms with Crippen LogP contribution in [0.2, 0.25) is 0 Å². The van der Waals surface area contributed by atoms with E-state index in [1.165, 1.54) is 0 Å². The van der Waals surface area contributed by atoms with Crippen molar-refractivity contribution >= 4 is 27.6 Å². The van der Waals surface area contributed by atoms with Gasteiger partial charge in [-0.25, -0.2) is 4.98 Å². The van der Waals surface area contributed by atoms with E-state index in [-0.39, 0.29) is 0 Å². The number of hydrogen-bond acceptors (Lipinski definition) is 2. The Kier molecular flexibility index (Phi) is 2.77. The molecule has 0 bridgehead atoms. The summed E-state index contributed by atoms with van der Waals surface area (Å²) in [6.07, 6.45) is 1.99. The number of imidazole rings is 1. The third-order valence-corrected chi connectivity index (χ3v) is 2.81. The number of benzene rings is 1. The van der Waals surface area contributed by atoms with Crippen molar-refractivity contribution in [1.82, 2.24) is 9.55 Å². The van der Waals surface area contributed by atoms with E-state index in [4.69, 9.17) is 0 Å². The predicted octanol–water partition coefficient (Wildman–Crippen LogP) is 3.23. The lowest BCUT2D eigenvalue weighted by Crippen LogP contribution is -1.98. The summed E-state index contributed by atoms with van der Waals surface area (Å²) in [4.78, 5) is 4.38. The van der Waals surface area contributed by atoms with Crippen LogP contribution in [0.3, 0.4) is 0 Å². The van der Waals surface area contributed by atoms with Crippen molar-refractivity contribution in [3.8, 4) is 0 Å². The maximum atomic E-state index is 4.38. The Morgan fingerprint density at radius 1 is 1.33 bits per heavy atom. The fourth-order valence-corrected chi connectivity index (χ4v) is 1.80. The van der Waals surface area contributed by atoms with Crippen LogP contribution in [-0.2, 0) is 7.05 Å². The molecule has 0 unspecified atom stereocenters. The van der Waals surface area contributed by atoms with Crippen LogP contribution in [-0.4, -0.2) is 9.55 Å². The summed E-state index contributed by atoms with van der Waals surface area (Å²) in [5.74, 6) is 0.847. The van der Waals surface area contributed by atoms with Gasteiger partial charge in [-0.05, 0) is 35.0 Å². The number of rotatable bonds is 2. The highest BCUT2D eigenvalue weighted by Gasteiger charge is 2.04. The average molecular weight is 266 g/mol. The summed E-state index contributed by atoms with van der Waals surface area (Å²) >= 11 is 3.49. The molecule has 0 amide bonds. The molecule has 2 rings (SSSR count). The fourth-order valence-electron chi connectivity index (χ4n) is 1.42. The minimum Gasteiger partial charge on any atom is -0.325 e. The first kappa shape index (κ1) is 10.2. The van der Waals surface area contributed by atoms with Gasteiger partial charge < -0.3 is 9.88 Å². The van der Waals surface area contributed by atoms with E-state index in [9.17, 15) is 0 Å². The van der Waals surface area contributed by atoms with Gasteiger partial charge in [0.2, 0.25) is 5.95 Å². The van der Waals surface area contributed by atoms with E-state index >= 15 is 0 Å². The second kappa shape index (κ2) is 4.06. The zero-order chi connectivity index (χ0) is 10.8. The highest BCUT2D eigenvalue weighted by Crippen LogP contribution is 2.24. The maximum absolute atomic E-state index is 4.38. The molecule has 3 nitrogen and oxygen atoms in total. The fraction of sp³-hybridized carbons (Fsp3) is 0.182. The van der Waals surface area contributed by atoms with Crippen LogP contribution in [0.5, 0.6) is 0 Å². The standard InChI is InChI=1S/C11H12BrN3/c1-8-7-15(2)11(13-8)14-10-6-4-3-5-9(10)12/h3-7H,1-2H3,(H,13,14). The van der Waals surface area contributed by atoms with Gasteiger partial charge in [0.15, 0.2) is 0 Å². The first-order valence-electron chi connectivity index (χ1n) is 4.68. The van der Waals surface area contributed by atoms with E-state index < -0.39 is 0 Å². The molecule has 2 aromatic rings. The van der Waals surface area contributed by atoms with Crippen LogP contribution >= 0.6 is 15.9 Å². The molecule has 4 heteroatoms. The minimum absolute atomic E-state index is 0.847. The molecular weight excluding hydrogens is 254 g/mol. The Balaban J connectivity index is 2.29. The van der Waals surface area contributed by atoms with Gasteiger partial charge in [0.1, 0.15) is 0 Å². The molecule has 0 aliphatic rings. The van der Waals surface area contributed by atoms with Gasteiger partial charge in [-0.2, -0.15) is 0 Å². The smallest absolute Gasteiger partial charge is 0.207 e. The minimum atomic E-state index is 0.847. The zero-order valence-electron chi connectivity index (χ0n) is 8.66. The number of halogens is 1. The molecule has 0 aliphatic carbocycles. The van der Waals surface area contributed by atoms with Gasteiger partial charge in [-0.1, -0.05) is 12.1 Å². The molecule has 0 spiro atoms. The molecule has 1 aromatic carbocycles. The van der Waals surface area contributed by atoms with Crippen molar-refractivity contribution < 1.29 is 0 Å². The number of nitrogens with one attached hydrogen (secondary N) is 1. The summed E-state index contributed by atoms with van der Waals surface area (Å²) in [6, 6.07) is 7.98. The number of aryl methyl sites for hydroxylation is 2. The van der Waals surface area contributed by atoms with Gasteiger partial charge in [-0.3, -0.25) is 0 Å². The molecule has 1 N–H and O–H groups in total. The Bertz CT molecular complexity index is 476. The average Bonchev–Trinajstić information content (AvgIpc) is 2.49. The number of hydrogen-bond donors (Lipinski definition) is 1. The van der Waals surface area contributed by atoms with Crippen LogP contribution in [0.25, 0.3) is 0 Å². The van der Waals surface area contributed by atoms with E-state index in [2.05, 4.69) is 26.2 Å². The number of nitrogens with zero attached hydrogens (tertiary/aromatic N) is 2. The number of anilines is 2. The Morgan fingerprint density at radius 3 is 2.67 bits per heavy atom. The molecule has 0 saturated carbocycles. The number of para-hydroxylation sites is 1. The van der Waals surface area contributed by atoms with E-state index in [1.54, 1.807) is 0 Å². The zero-order valence-corrected chi connectivity index (χ0v) is 10.2. The van der Waals surface area contributed by atoms with Crippen LogP contribution in [0.15, 0.2) is 34.9 Å². The summed E-state index contributed by atoms with van der Waals surface area (Å²) in [5.41, 5.74) is 2.03. The third kappa shape index (κ3) is 2.21. The van der Waals surface area contributed by atoms with Crippen LogP contribution in [0, 0.1) is 6.92 Å². The van der Waals surface area contributed by atoms with Gasteiger partial charge in [0.25, 0.3) is 0 Å². The van der Waals surface area contributed by atoms with Gasteiger partial charge >= 0.3 is 0 Å². The predicted molar refractivity (Wildman–Crippen MR) is 65.4 cm³/mol. The molecule has 0 atom stereocenters.